The number of nitrogens with zero attached hydrogens (tertiary/aromatic N) is 1. The van der Waals surface area contributed by atoms with Gasteiger partial charge < -0.3 is 0 Å². The molecule has 0 radical (unpaired) electrons. The van der Waals surface area contributed by atoms with Crippen LogP contribution in [0.3, 0.4) is 0 Å². The van der Waals surface area contributed by atoms with Crippen molar-refractivity contribution >= 4 is 20.8 Å². The maximum atomic E-state index is 12.9. The van der Waals surface area contributed by atoms with Crippen LogP contribution in [0, 0.1) is 0 Å². The first-order chi connectivity index (χ1) is 9.64. The van der Waals surface area contributed by atoms with Crippen molar-refractivity contribution in [1.82, 2.24) is 4.31 Å². The first-order valence-electron chi connectivity index (χ1n) is 7.14. The number of benzene rings is 2. The number of hydrogen-bond donors (Lipinski definition) is 0. The Balaban J connectivity index is 2.13. The minimum absolute atomic E-state index is 0.207. The summed E-state index contributed by atoms with van der Waals surface area (Å²) in [4.78, 5) is 0.441. The van der Waals surface area contributed by atoms with Crippen LogP contribution < -0.4 is 0 Å². The van der Waals surface area contributed by atoms with Crippen LogP contribution >= 0.6 is 0 Å². The molecular formula is C16H19NO2S. The molecule has 1 saturated carbocycles. The summed E-state index contributed by atoms with van der Waals surface area (Å²) < 4.78 is 27.6. The molecule has 0 N–H and O–H groups in total. The second-order valence-corrected chi connectivity index (χ2v) is 7.18. The fourth-order valence-corrected chi connectivity index (χ4v) is 4.62. The van der Waals surface area contributed by atoms with E-state index in [2.05, 4.69) is 0 Å². The Morgan fingerprint density at radius 3 is 2.50 bits per heavy atom. The van der Waals surface area contributed by atoms with Crippen molar-refractivity contribution in [2.75, 3.05) is 6.54 Å². The van der Waals surface area contributed by atoms with Gasteiger partial charge in [-0.3, -0.25) is 0 Å². The summed E-state index contributed by atoms with van der Waals surface area (Å²) in [7, 11) is -3.39. The van der Waals surface area contributed by atoms with Crippen molar-refractivity contribution in [3.8, 4) is 0 Å². The lowest BCUT2D eigenvalue weighted by Gasteiger charge is -2.22. The Labute approximate surface area is 120 Å². The molecule has 0 aromatic heterocycles. The number of rotatable bonds is 5. The summed E-state index contributed by atoms with van der Waals surface area (Å²) in [6.07, 6.45) is 2.83. The molecule has 0 atom stereocenters. The Morgan fingerprint density at radius 2 is 1.80 bits per heavy atom. The van der Waals surface area contributed by atoms with Crippen LogP contribution in [0.15, 0.2) is 47.4 Å². The molecular weight excluding hydrogens is 270 g/mol. The molecule has 0 spiro atoms. The van der Waals surface area contributed by atoms with Crippen molar-refractivity contribution in [3.63, 3.8) is 0 Å². The minimum atomic E-state index is -3.39. The molecule has 1 fully saturated rings. The van der Waals surface area contributed by atoms with Crippen molar-refractivity contribution in [2.45, 2.75) is 37.1 Å². The van der Waals surface area contributed by atoms with Crippen molar-refractivity contribution < 1.29 is 8.42 Å². The zero-order chi connectivity index (χ0) is 14.2. The Morgan fingerprint density at radius 1 is 1.10 bits per heavy atom. The van der Waals surface area contributed by atoms with Crippen molar-refractivity contribution in [2.24, 2.45) is 0 Å². The van der Waals surface area contributed by atoms with E-state index in [-0.39, 0.29) is 6.04 Å². The van der Waals surface area contributed by atoms with Gasteiger partial charge in [0.2, 0.25) is 10.0 Å². The van der Waals surface area contributed by atoms with Crippen molar-refractivity contribution in [3.05, 3.63) is 42.5 Å². The summed E-state index contributed by atoms with van der Waals surface area (Å²) in [6, 6.07) is 13.4. The highest BCUT2D eigenvalue weighted by molar-refractivity contribution is 7.89. The first kappa shape index (κ1) is 13.6. The highest BCUT2D eigenvalue weighted by Crippen LogP contribution is 2.34. The molecule has 3 rings (SSSR count). The van der Waals surface area contributed by atoms with Gasteiger partial charge in [0.15, 0.2) is 0 Å². The topological polar surface area (TPSA) is 37.4 Å². The highest BCUT2D eigenvalue weighted by atomic mass is 32.2. The van der Waals surface area contributed by atoms with E-state index >= 15 is 0 Å². The molecule has 0 unspecified atom stereocenters. The van der Waals surface area contributed by atoms with E-state index in [1.54, 1.807) is 10.4 Å². The molecule has 106 valence electrons. The lowest BCUT2D eigenvalue weighted by molar-refractivity contribution is 0.404. The molecule has 2 aromatic carbocycles. The summed E-state index contributed by atoms with van der Waals surface area (Å²) in [6.45, 7) is 2.63. The van der Waals surface area contributed by atoms with Crippen LogP contribution in [0.25, 0.3) is 10.8 Å². The number of sulfonamides is 1. The van der Waals surface area contributed by atoms with E-state index in [1.165, 1.54) is 0 Å². The number of fused-ring (bicyclic) bond motifs is 1. The fraction of sp³-hybridized carbons (Fsp3) is 0.375. The van der Waals surface area contributed by atoms with Gasteiger partial charge in [0.1, 0.15) is 0 Å². The van der Waals surface area contributed by atoms with E-state index in [0.29, 0.717) is 11.4 Å². The third-order valence-corrected chi connectivity index (χ3v) is 5.74. The van der Waals surface area contributed by atoms with Crippen molar-refractivity contribution in [1.29, 1.82) is 0 Å². The maximum Gasteiger partial charge on any atom is 0.243 e. The maximum absolute atomic E-state index is 12.9. The lowest BCUT2D eigenvalue weighted by Crippen LogP contribution is -2.33. The molecule has 0 heterocycles. The normalized spacial score (nSPS) is 15.9. The molecule has 20 heavy (non-hydrogen) atoms. The third-order valence-electron chi connectivity index (χ3n) is 3.73. The van der Waals surface area contributed by atoms with Crippen LogP contribution in [0.2, 0.25) is 0 Å². The second kappa shape index (κ2) is 5.19. The van der Waals surface area contributed by atoms with Gasteiger partial charge in [-0.1, -0.05) is 43.3 Å². The molecule has 0 amide bonds. The van der Waals surface area contributed by atoms with Gasteiger partial charge in [0, 0.05) is 18.0 Å². The molecule has 3 nitrogen and oxygen atoms in total. The van der Waals surface area contributed by atoms with E-state index < -0.39 is 10.0 Å². The van der Waals surface area contributed by atoms with Gasteiger partial charge in [-0.05, 0) is 30.7 Å². The Kier molecular flexibility index (Phi) is 3.52. The lowest BCUT2D eigenvalue weighted by atomic mass is 10.1. The summed E-state index contributed by atoms with van der Waals surface area (Å²) in [5, 5.41) is 1.79. The van der Waals surface area contributed by atoms with E-state index in [0.717, 1.165) is 30.0 Å². The third kappa shape index (κ3) is 2.34. The monoisotopic (exact) mass is 289 g/mol. The van der Waals surface area contributed by atoms with Gasteiger partial charge >= 0.3 is 0 Å². The Hall–Kier alpha value is -1.39. The summed E-state index contributed by atoms with van der Waals surface area (Å²) in [5.74, 6) is 0. The largest absolute Gasteiger partial charge is 0.243 e. The molecule has 1 aliphatic carbocycles. The zero-order valence-corrected chi connectivity index (χ0v) is 12.4. The van der Waals surface area contributed by atoms with Crippen LogP contribution in [-0.4, -0.2) is 25.3 Å². The molecule has 0 aliphatic heterocycles. The Bertz CT molecular complexity index is 715. The molecule has 0 bridgehead atoms. The fourth-order valence-electron chi connectivity index (χ4n) is 2.63. The second-order valence-electron chi connectivity index (χ2n) is 5.32. The van der Waals surface area contributed by atoms with Gasteiger partial charge in [0.05, 0.1) is 4.90 Å². The average molecular weight is 289 g/mol. The minimum Gasteiger partial charge on any atom is -0.207 e. The smallest absolute Gasteiger partial charge is 0.207 e. The quantitative estimate of drug-likeness (QED) is 0.846. The highest BCUT2D eigenvalue weighted by Gasteiger charge is 2.37. The summed E-state index contributed by atoms with van der Waals surface area (Å²) >= 11 is 0. The predicted molar refractivity (Wildman–Crippen MR) is 81.2 cm³/mol. The SMILES string of the molecule is CCCN(C1CC1)S(=O)(=O)c1cccc2ccccc12. The molecule has 1 aliphatic rings. The van der Waals surface area contributed by atoms with Gasteiger partial charge in [-0.15, -0.1) is 0 Å². The molecule has 2 aromatic rings. The average Bonchev–Trinajstić information content (AvgIpc) is 3.28. The van der Waals surface area contributed by atoms with Crippen LogP contribution in [0.5, 0.6) is 0 Å². The van der Waals surface area contributed by atoms with Gasteiger partial charge in [0.25, 0.3) is 0 Å². The zero-order valence-electron chi connectivity index (χ0n) is 11.6. The molecule has 4 heteroatoms. The van der Waals surface area contributed by atoms with E-state index in [1.807, 2.05) is 43.3 Å². The van der Waals surface area contributed by atoms with Gasteiger partial charge in [-0.2, -0.15) is 4.31 Å². The van der Waals surface area contributed by atoms with E-state index in [9.17, 15) is 8.42 Å². The summed E-state index contributed by atoms with van der Waals surface area (Å²) in [5.41, 5.74) is 0. The van der Waals surface area contributed by atoms with Crippen LogP contribution in [0.4, 0.5) is 0 Å². The van der Waals surface area contributed by atoms with Gasteiger partial charge in [-0.25, -0.2) is 8.42 Å². The van der Waals surface area contributed by atoms with E-state index in [4.69, 9.17) is 0 Å². The predicted octanol–water partition coefficient (Wildman–Crippen LogP) is 3.40. The molecule has 0 saturated heterocycles. The first-order valence-corrected chi connectivity index (χ1v) is 8.58. The number of hydrogen-bond acceptors (Lipinski definition) is 2. The van der Waals surface area contributed by atoms with Crippen LogP contribution in [0.1, 0.15) is 26.2 Å². The standard InChI is InChI=1S/C16H19NO2S/c1-2-12-17(14-10-11-14)20(18,19)16-9-5-7-13-6-3-4-8-15(13)16/h3-9,14H,2,10-12H2,1H3. The van der Waals surface area contributed by atoms with Crippen LogP contribution in [-0.2, 0) is 10.0 Å².